The fourth-order valence-electron chi connectivity index (χ4n) is 5.91. The second kappa shape index (κ2) is 11.7. The third-order valence-corrected chi connectivity index (χ3v) is 9.36. The van der Waals surface area contributed by atoms with Crippen molar-refractivity contribution in [3.8, 4) is 17.6 Å². The number of amides is 4. The number of nitriles is 1. The van der Waals surface area contributed by atoms with E-state index in [-0.39, 0.29) is 29.5 Å². The van der Waals surface area contributed by atoms with E-state index in [9.17, 15) is 19.6 Å². The third-order valence-electron chi connectivity index (χ3n) is 8.26. The van der Waals surface area contributed by atoms with E-state index in [2.05, 4.69) is 21.7 Å². The van der Waals surface area contributed by atoms with Crippen LogP contribution in [0.1, 0.15) is 40.9 Å². The number of allylic oxidation sites excluding steroid dienone is 1. The smallest absolute Gasteiger partial charge is 0.331 e. The number of carbonyl (C=O) groups is 3. The molecule has 3 aliphatic rings. The van der Waals surface area contributed by atoms with Gasteiger partial charge in [0.2, 0.25) is 0 Å². The van der Waals surface area contributed by atoms with E-state index < -0.39 is 0 Å². The predicted molar refractivity (Wildman–Crippen MR) is 172 cm³/mol. The molecule has 1 atom stereocenters. The lowest BCUT2D eigenvalue weighted by Gasteiger charge is -2.33. The minimum absolute atomic E-state index is 0.179. The lowest BCUT2D eigenvalue weighted by atomic mass is 10.0. The number of pyridine rings is 1. The van der Waals surface area contributed by atoms with Crippen molar-refractivity contribution in [2.24, 2.45) is 5.92 Å². The van der Waals surface area contributed by atoms with E-state index in [0.29, 0.717) is 69.8 Å². The molecule has 0 bridgehead atoms. The Labute approximate surface area is 263 Å². The number of thiophene rings is 1. The van der Waals surface area contributed by atoms with Crippen LogP contribution >= 0.6 is 11.3 Å². The van der Waals surface area contributed by atoms with Crippen molar-refractivity contribution in [2.75, 3.05) is 23.3 Å². The van der Waals surface area contributed by atoms with E-state index in [1.54, 1.807) is 28.1 Å². The van der Waals surface area contributed by atoms with Crippen LogP contribution in [0.5, 0.6) is 11.5 Å². The first-order valence-electron chi connectivity index (χ1n) is 15.0. The zero-order valence-corrected chi connectivity index (χ0v) is 25.4. The summed E-state index contributed by atoms with van der Waals surface area (Å²) in [4.78, 5) is 49.1. The van der Waals surface area contributed by atoms with Crippen LogP contribution in [0.3, 0.4) is 0 Å². The average Bonchev–Trinajstić information content (AvgIpc) is 3.80. The van der Waals surface area contributed by atoms with Crippen LogP contribution in [0.15, 0.2) is 72.4 Å². The van der Waals surface area contributed by atoms with E-state index >= 15 is 0 Å². The molecular formula is C34H30N6O4S. The number of likely N-dealkylation sites (tertiary alicyclic amines) is 1. The highest BCUT2D eigenvalue weighted by Crippen LogP contribution is 2.46. The van der Waals surface area contributed by atoms with Crippen molar-refractivity contribution >= 4 is 56.5 Å². The standard InChI is InChI=1S/C34H30N6O4S/c1-20-16-25(44-24-7-3-2-4-8-24)11-12-26(20)40-27-13-14-36-32-28(27)29(38-34(40)43)30(45-32)31(41)37-23-6-5-15-39(19-23)33(42)22(18-35)17-21-9-10-21/h2-4,7-8,11-14,16-17,21,23H,5-6,9-10,15,19H2,1H3,(H,37,41)(H,38,43)/b22-17+/t23-/m0/s1. The number of benzene rings is 2. The van der Waals surface area contributed by atoms with Crippen molar-refractivity contribution in [3.63, 3.8) is 0 Å². The summed E-state index contributed by atoms with van der Waals surface area (Å²) in [6, 6.07) is 18.2. The number of piperidine rings is 1. The Hall–Kier alpha value is -5.21. The molecule has 7 rings (SSSR count). The largest absolute Gasteiger partial charge is 0.457 e. The number of nitrogens with one attached hydrogen (secondary N) is 2. The van der Waals surface area contributed by atoms with Crippen LogP contribution < -0.4 is 20.3 Å². The summed E-state index contributed by atoms with van der Waals surface area (Å²) in [5, 5.41) is 16.2. The highest BCUT2D eigenvalue weighted by Gasteiger charge is 2.35. The second-order valence-electron chi connectivity index (χ2n) is 11.5. The molecule has 226 valence electrons. The van der Waals surface area contributed by atoms with Gasteiger partial charge in [-0.15, -0.1) is 11.3 Å². The Balaban J connectivity index is 1.12. The molecule has 4 amide bonds. The van der Waals surface area contributed by atoms with E-state index in [4.69, 9.17) is 4.74 Å². The van der Waals surface area contributed by atoms with Gasteiger partial charge in [-0.05, 0) is 80.5 Å². The molecule has 2 fully saturated rings. The molecule has 0 unspecified atom stereocenters. The Morgan fingerprint density at radius 2 is 1.93 bits per heavy atom. The van der Waals surface area contributed by atoms with Gasteiger partial charge in [0.05, 0.1) is 22.4 Å². The summed E-state index contributed by atoms with van der Waals surface area (Å²) in [6.45, 7) is 2.78. The topological polar surface area (TPSA) is 128 Å². The van der Waals surface area contributed by atoms with Crippen LogP contribution in [-0.2, 0) is 4.79 Å². The van der Waals surface area contributed by atoms with Gasteiger partial charge in [-0.3, -0.25) is 14.5 Å². The summed E-state index contributed by atoms with van der Waals surface area (Å²) in [7, 11) is 0. The van der Waals surface area contributed by atoms with Crippen LogP contribution in [0.25, 0.3) is 10.2 Å². The number of para-hydroxylation sites is 1. The van der Waals surface area contributed by atoms with Crippen molar-refractivity contribution in [3.05, 3.63) is 82.9 Å². The van der Waals surface area contributed by atoms with Crippen LogP contribution in [-0.4, -0.2) is 46.9 Å². The molecule has 0 radical (unpaired) electrons. The van der Waals surface area contributed by atoms with Gasteiger partial charge in [0.25, 0.3) is 11.8 Å². The Bertz CT molecular complexity index is 1910. The van der Waals surface area contributed by atoms with Gasteiger partial charge in [0, 0.05) is 25.3 Å². The predicted octanol–water partition coefficient (Wildman–Crippen LogP) is 6.66. The first kappa shape index (κ1) is 28.6. The van der Waals surface area contributed by atoms with Gasteiger partial charge in [-0.25, -0.2) is 9.78 Å². The van der Waals surface area contributed by atoms with Crippen molar-refractivity contribution in [1.82, 2.24) is 15.2 Å². The number of hydrogen-bond donors (Lipinski definition) is 2. The Kier molecular flexibility index (Phi) is 7.43. The summed E-state index contributed by atoms with van der Waals surface area (Å²) in [5.41, 5.74) is 2.76. The van der Waals surface area contributed by atoms with Gasteiger partial charge < -0.3 is 20.3 Å². The van der Waals surface area contributed by atoms with Crippen LogP contribution in [0, 0.1) is 24.2 Å². The molecule has 10 nitrogen and oxygen atoms in total. The normalized spacial score (nSPS) is 17.9. The first-order chi connectivity index (χ1) is 21.9. The molecule has 2 aromatic carbocycles. The number of hydrogen-bond acceptors (Lipinski definition) is 7. The molecule has 1 aliphatic carbocycles. The highest BCUT2D eigenvalue weighted by molar-refractivity contribution is 7.21. The molecule has 1 saturated heterocycles. The molecule has 45 heavy (non-hydrogen) atoms. The summed E-state index contributed by atoms with van der Waals surface area (Å²) >= 11 is 1.22. The second-order valence-corrected chi connectivity index (χ2v) is 12.5. The van der Waals surface area contributed by atoms with Crippen LogP contribution in [0.4, 0.5) is 21.9 Å². The number of rotatable bonds is 7. The summed E-state index contributed by atoms with van der Waals surface area (Å²) in [6.07, 6.45) is 6.85. The van der Waals surface area contributed by atoms with Gasteiger partial charge in [-0.2, -0.15) is 5.26 Å². The van der Waals surface area contributed by atoms with Gasteiger partial charge >= 0.3 is 6.03 Å². The Morgan fingerprint density at radius 3 is 2.69 bits per heavy atom. The third kappa shape index (κ3) is 5.60. The average molecular weight is 619 g/mol. The summed E-state index contributed by atoms with van der Waals surface area (Å²) < 4.78 is 5.98. The molecule has 1 saturated carbocycles. The number of aryl methyl sites for hydroxylation is 1. The van der Waals surface area contributed by atoms with Crippen molar-refractivity contribution in [2.45, 2.75) is 38.6 Å². The van der Waals surface area contributed by atoms with Gasteiger partial charge in [-0.1, -0.05) is 24.3 Å². The van der Waals surface area contributed by atoms with Crippen molar-refractivity contribution in [1.29, 1.82) is 5.26 Å². The summed E-state index contributed by atoms with van der Waals surface area (Å²) in [5.74, 6) is 1.07. The number of urea groups is 1. The zero-order chi connectivity index (χ0) is 31.1. The number of carbonyl (C=O) groups excluding carboxylic acids is 3. The Morgan fingerprint density at radius 1 is 1.11 bits per heavy atom. The maximum Gasteiger partial charge on any atom is 0.331 e. The molecule has 2 aromatic heterocycles. The number of nitrogens with zero attached hydrogens (tertiary/aromatic N) is 4. The quantitative estimate of drug-likeness (QED) is 0.176. The highest BCUT2D eigenvalue weighted by atomic mass is 32.1. The molecular weight excluding hydrogens is 588 g/mol. The lowest BCUT2D eigenvalue weighted by molar-refractivity contribution is -0.128. The lowest BCUT2D eigenvalue weighted by Crippen LogP contribution is -2.50. The molecule has 11 heteroatoms. The molecule has 2 aliphatic heterocycles. The molecule has 4 aromatic rings. The maximum atomic E-state index is 13.6. The molecule has 4 heterocycles. The van der Waals surface area contributed by atoms with E-state index in [0.717, 1.165) is 24.2 Å². The maximum absolute atomic E-state index is 13.6. The molecule has 2 N–H and O–H groups in total. The minimum atomic E-state index is -0.386. The zero-order valence-electron chi connectivity index (χ0n) is 24.6. The molecule has 0 spiro atoms. The number of aromatic nitrogens is 1. The van der Waals surface area contributed by atoms with E-state index in [1.165, 1.54) is 11.3 Å². The van der Waals surface area contributed by atoms with Gasteiger partial charge in [0.15, 0.2) is 0 Å². The monoisotopic (exact) mass is 618 g/mol. The fraction of sp³-hybridized carbons (Fsp3) is 0.265. The van der Waals surface area contributed by atoms with Crippen LogP contribution in [0.2, 0.25) is 0 Å². The SMILES string of the molecule is Cc1cc(Oc2ccccc2)ccc1N1C(=O)Nc2c(C(=O)N[C@H]3CCCN(C(=O)/C(C#N)=C/C4CC4)C3)sc3nccc1c23. The number of ether oxygens (including phenoxy) is 1. The first-order valence-corrected chi connectivity index (χ1v) is 15.8. The number of anilines is 3. The van der Waals surface area contributed by atoms with Crippen molar-refractivity contribution < 1.29 is 19.1 Å². The minimum Gasteiger partial charge on any atom is -0.457 e. The van der Waals surface area contributed by atoms with E-state index in [1.807, 2.05) is 55.5 Å². The van der Waals surface area contributed by atoms with Gasteiger partial charge in [0.1, 0.15) is 32.8 Å². The fourth-order valence-corrected chi connectivity index (χ4v) is 6.93.